The van der Waals surface area contributed by atoms with Crippen molar-refractivity contribution in [3.05, 3.63) is 70.3 Å². The summed E-state index contributed by atoms with van der Waals surface area (Å²) in [6.07, 6.45) is -0.189. The van der Waals surface area contributed by atoms with E-state index < -0.39 is 0 Å². The number of hydrogen-bond acceptors (Lipinski definition) is 5. The molecule has 2 fully saturated rings. The first-order chi connectivity index (χ1) is 15.6. The molecule has 32 heavy (non-hydrogen) atoms. The van der Waals surface area contributed by atoms with E-state index in [-0.39, 0.29) is 18.8 Å². The Balaban J connectivity index is 1.54. The zero-order chi connectivity index (χ0) is 22.5. The molecular weight excluding hydrogens is 398 g/mol. The van der Waals surface area contributed by atoms with Gasteiger partial charge in [0.25, 0.3) is 0 Å². The van der Waals surface area contributed by atoms with Gasteiger partial charge in [0, 0.05) is 45.8 Å². The minimum atomic E-state index is -0.189. The molecule has 1 N–H and O–H groups in total. The summed E-state index contributed by atoms with van der Waals surface area (Å²) in [4.78, 5) is 7.62. The lowest BCUT2D eigenvalue weighted by atomic mass is 9.94. The lowest BCUT2D eigenvalue weighted by Gasteiger charge is -2.41. The normalized spacial score (nSPS) is 23.5. The Morgan fingerprint density at radius 3 is 2.22 bits per heavy atom. The van der Waals surface area contributed by atoms with Crippen molar-refractivity contribution in [3.8, 4) is 0 Å². The number of aliphatic hydroxyl groups excluding tert-OH is 1. The van der Waals surface area contributed by atoms with Gasteiger partial charge in [0.05, 0.1) is 19.3 Å². The molecule has 2 aliphatic heterocycles. The van der Waals surface area contributed by atoms with E-state index >= 15 is 0 Å². The number of benzene rings is 2. The summed E-state index contributed by atoms with van der Waals surface area (Å²) < 4.78 is 5.96. The number of hydrogen-bond donors (Lipinski definition) is 1. The van der Waals surface area contributed by atoms with Crippen LogP contribution in [0.2, 0.25) is 0 Å². The van der Waals surface area contributed by atoms with Crippen LogP contribution in [0.15, 0.2) is 42.5 Å². The Bertz CT molecular complexity index is 865. The summed E-state index contributed by atoms with van der Waals surface area (Å²) in [6.45, 7) is 16.0. The summed E-state index contributed by atoms with van der Waals surface area (Å²) >= 11 is 0. The van der Waals surface area contributed by atoms with Crippen LogP contribution in [0.25, 0.3) is 0 Å². The average Bonchev–Trinajstić information content (AvgIpc) is 2.83. The van der Waals surface area contributed by atoms with Gasteiger partial charge in [-0.25, -0.2) is 0 Å². The summed E-state index contributed by atoms with van der Waals surface area (Å²) in [5.74, 6) is 0. The molecule has 4 rings (SSSR count). The minimum Gasteiger partial charge on any atom is -0.394 e. The van der Waals surface area contributed by atoms with E-state index in [9.17, 15) is 5.11 Å². The van der Waals surface area contributed by atoms with Crippen molar-refractivity contribution in [1.82, 2.24) is 14.7 Å². The van der Waals surface area contributed by atoms with Crippen LogP contribution >= 0.6 is 0 Å². The smallest absolute Gasteiger partial charge is 0.100 e. The molecule has 5 nitrogen and oxygen atoms in total. The van der Waals surface area contributed by atoms with Crippen LogP contribution < -0.4 is 0 Å². The number of ether oxygens (including phenoxy) is 1. The van der Waals surface area contributed by atoms with Crippen molar-refractivity contribution in [2.24, 2.45) is 0 Å². The monoisotopic (exact) mass is 437 g/mol. The second-order valence-corrected chi connectivity index (χ2v) is 9.34. The largest absolute Gasteiger partial charge is 0.394 e. The highest BCUT2D eigenvalue weighted by Crippen LogP contribution is 2.32. The maximum absolute atomic E-state index is 10.0. The third kappa shape index (κ3) is 5.41. The van der Waals surface area contributed by atoms with E-state index in [0.29, 0.717) is 6.61 Å². The van der Waals surface area contributed by atoms with E-state index in [2.05, 4.69) is 71.9 Å². The molecule has 0 unspecified atom stereocenters. The SMILES string of the molecule is CCN1CCN(Cc2cc(C)cc(CN3CCO[C@H](CO)[C@H]3c3ccccc3)c2C)CC1. The molecule has 0 aliphatic carbocycles. The highest BCUT2D eigenvalue weighted by atomic mass is 16.5. The van der Waals surface area contributed by atoms with Gasteiger partial charge in [0.15, 0.2) is 0 Å². The molecule has 2 aromatic rings. The third-order valence-corrected chi connectivity index (χ3v) is 7.22. The quantitative estimate of drug-likeness (QED) is 0.719. The average molecular weight is 438 g/mol. The topological polar surface area (TPSA) is 39.2 Å². The van der Waals surface area contributed by atoms with Crippen LogP contribution in [0, 0.1) is 13.8 Å². The van der Waals surface area contributed by atoms with Gasteiger partial charge in [-0.3, -0.25) is 9.80 Å². The van der Waals surface area contributed by atoms with Gasteiger partial charge >= 0.3 is 0 Å². The lowest BCUT2D eigenvalue weighted by Crippen LogP contribution is -2.46. The first-order valence-corrected chi connectivity index (χ1v) is 12.1. The van der Waals surface area contributed by atoms with Gasteiger partial charge in [-0.2, -0.15) is 0 Å². The zero-order valence-electron chi connectivity index (χ0n) is 20.0. The van der Waals surface area contributed by atoms with Crippen LogP contribution in [0.4, 0.5) is 0 Å². The number of likely N-dealkylation sites (N-methyl/N-ethyl adjacent to an activating group) is 1. The molecular formula is C27H39N3O2. The highest BCUT2D eigenvalue weighted by Gasteiger charge is 2.33. The second-order valence-electron chi connectivity index (χ2n) is 9.34. The van der Waals surface area contributed by atoms with Crippen molar-refractivity contribution in [2.75, 3.05) is 52.5 Å². The second kappa shape index (κ2) is 10.9. The first-order valence-electron chi connectivity index (χ1n) is 12.1. The number of aryl methyl sites for hydroxylation is 1. The van der Waals surface area contributed by atoms with Gasteiger partial charge in [-0.15, -0.1) is 0 Å². The van der Waals surface area contributed by atoms with Crippen molar-refractivity contribution < 1.29 is 9.84 Å². The number of morpholine rings is 1. The lowest BCUT2D eigenvalue weighted by molar-refractivity contribution is -0.0961. The number of rotatable bonds is 7. The van der Waals surface area contributed by atoms with Crippen molar-refractivity contribution in [1.29, 1.82) is 0 Å². The standard InChI is InChI=1S/C27H39N3O2/c1-4-28-10-12-29(13-11-28)18-24-16-21(2)17-25(22(24)3)19-30-14-15-32-26(20-31)27(30)23-8-6-5-7-9-23/h5-9,16-17,26-27,31H,4,10-15,18-20H2,1-3H3/t26-,27-/m1/s1. The van der Waals surface area contributed by atoms with Crippen LogP contribution in [0.1, 0.15) is 40.8 Å². The molecule has 0 spiro atoms. The molecule has 0 radical (unpaired) electrons. The molecule has 2 saturated heterocycles. The van der Waals surface area contributed by atoms with E-state index in [1.54, 1.807) is 0 Å². The van der Waals surface area contributed by atoms with Crippen molar-refractivity contribution in [2.45, 2.75) is 46.0 Å². The predicted molar refractivity (Wildman–Crippen MR) is 130 cm³/mol. The van der Waals surface area contributed by atoms with Crippen LogP contribution in [0.5, 0.6) is 0 Å². The maximum atomic E-state index is 10.0. The molecule has 0 saturated carbocycles. The fourth-order valence-electron chi connectivity index (χ4n) is 5.26. The van der Waals surface area contributed by atoms with Crippen LogP contribution in [-0.4, -0.2) is 78.4 Å². The van der Waals surface area contributed by atoms with Gasteiger partial charge in [0.2, 0.25) is 0 Å². The Morgan fingerprint density at radius 1 is 0.906 bits per heavy atom. The molecule has 0 aromatic heterocycles. The maximum Gasteiger partial charge on any atom is 0.100 e. The van der Waals surface area contributed by atoms with E-state index in [1.807, 2.05) is 6.07 Å². The Labute approximate surface area is 193 Å². The van der Waals surface area contributed by atoms with Crippen LogP contribution in [0.3, 0.4) is 0 Å². The van der Waals surface area contributed by atoms with Gasteiger partial charge in [-0.1, -0.05) is 55.0 Å². The van der Waals surface area contributed by atoms with Gasteiger partial charge < -0.3 is 14.7 Å². The molecule has 2 atom stereocenters. The summed E-state index contributed by atoms with van der Waals surface area (Å²) in [7, 11) is 0. The van der Waals surface area contributed by atoms with Crippen LogP contribution in [-0.2, 0) is 17.8 Å². The Morgan fingerprint density at radius 2 is 1.56 bits per heavy atom. The molecule has 2 heterocycles. The summed E-state index contributed by atoms with van der Waals surface area (Å²) in [6, 6.07) is 15.3. The number of aliphatic hydroxyl groups is 1. The highest BCUT2D eigenvalue weighted by molar-refractivity contribution is 5.38. The molecule has 2 aromatic carbocycles. The van der Waals surface area contributed by atoms with Crippen molar-refractivity contribution >= 4 is 0 Å². The molecule has 0 bridgehead atoms. The van der Waals surface area contributed by atoms with E-state index in [0.717, 1.165) is 39.3 Å². The Kier molecular flexibility index (Phi) is 7.98. The zero-order valence-corrected chi connectivity index (χ0v) is 20.0. The predicted octanol–water partition coefficient (Wildman–Crippen LogP) is 3.38. The fraction of sp³-hybridized carbons (Fsp3) is 0.556. The van der Waals surface area contributed by atoms with Gasteiger partial charge in [-0.05, 0) is 42.6 Å². The summed E-state index contributed by atoms with van der Waals surface area (Å²) in [5.41, 5.74) is 6.80. The minimum absolute atomic E-state index is 0.0395. The first kappa shape index (κ1) is 23.4. The third-order valence-electron chi connectivity index (χ3n) is 7.22. The number of piperazine rings is 1. The van der Waals surface area contributed by atoms with Gasteiger partial charge in [0.1, 0.15) is 6.10 Å². The van der Waals surface area contributed by atoms with Crippen molar-refractivity contribution in [3.63, 3.8) is 0 Å². The molecule has 5 heteroatoms. The van der Waals surface area contributed by atoms with E-state index in [4.69, 9.17) is 4.74 Å². The summed E-state index contributed by atoms with van der Waals surface area (Å²) in [5, 5.41) is 10.0. The molecule has 0 amide bonds. The Hall–Kier alpha value is -1.76. The fourth-order valence-corrected chi connectivity index (χ4v) is 5.26. The number of nitrogens with zero attached hydrogens (tertiary/aromatic N) is 3. The van der Waals surface area contributed by atoms with E-state index in [1.165, 1.54) is 40.9 Å². The molecule has 174 valence electrons. The molecule has 2 aliphatic rings.